The van der Waals surface area contributed by atoms with E-state index in [1.807, 2.05) is 6.07 Å². The number of ether oxygens (including phenoxy) is 2. The minimum atomic E-state index is 0.180. The standard InChI is InChI=1S/C7H11NO2/c8-3-5-9-6-7-2-1-4-10-7/h7H,1-2,4-6H2/t7-/m0/s1. The van der Waals surface area contributed by atoms with Gasteiger partial charge in [0.25, 0.3) is 0 Å². The van der Waals surface area contributed by atoms with Crippen LogP contribution in [0.5, 0.6) is 0 Å². The van der Waals surface area contributed by atoms with Crippen LogP contribution in [0.1, 0.15) is 12.8 Å². The maximum Gasteiger partial charge on any atom is 0.133 e. The number of rotatable bonds is 3. The van der Waals surface area contributed by atoms with Crippen molar-refractivity contribution in [1.82, 2.24) is 0 Å². The van der Waals surface area contributed by atoms with Crippen molar-refractivity contribution in [1.29, 1.82) is 5.26 Å². The summed E-state index contributed by atoms with van der Waals surface area (Å²) in [6.45, 7) is 1.61. The first-order valence-electron chi connectivity index (χ1n) is 3.50. The van der Waals surface area contributed by atoms with E-state index in [-0.39, 0.29) is 12.7 Å². The molecule has 0 aromatic heterocycles. The van der Waals surface area contributed by atoms with Gasteiger partial charge in [0.05, 0.1) is 18.8 Å². The molecule has 0 unspecified atom stereocenters. The Labute approximate surface area is 60.5 Å². The average molecular weight is 141 g/mol. The van der Waals surface area contributed by atoms with Crippen molar-refractivity contribution in [2.24, 2.45) is 0 Å². The highest BCUT2D eigenvalue weighted by molar-refractivity contribution is 4.69. The van der Waals surface area contributed by atoms with E-state index < -0.39 is 0 Å². The summed E-state index contributed by atoms with van der Waals surface area (Å²) in [5.74, 6) is 0. The quantitative estimate of drug-likeness (QED) is 0.543. The van der Waals surface area contributed by atoms with Crippen molar-refractivity contribution in [3.8, 4) is 6.07 Å². The molecule has 1 atom stereocenters. The van der Waals surface area contributed by atoms with Gasteiger partial charge >= 0.3 is 0 Å². The second-order valence-electron chi connectivity index (χ2n) is 2.31. The van der Waals surface area contributed by atoms with Crippen LogP contribution in [0.15, 0.2) is 0 Å². The molecule has 0 bridgehead atoms. The highest BCUT2D eigenvalue weighted by Gasteiger charge is 2.14. The van der Waals surface area contributed by atoms with Gasteiger partial charge in [0, 0.05) is 6.61 Å². The average Bonchev–Trinajstić information content (AvgIpc) is 2.41. The fourth-order valence-corrected chi connectivity index (χ4v) is 1.01. The first kappa shape index (κ1) is 7.52. The number of nitrogens with zero attached hydrogens (tertiary/aromatic N) is 1. The number of nitriles is 1. The van der Waals surface area contributed by atoms with E-state index in [4.69, 9.17) is 14.7 Å². The molecule has 0 aliphatic carbocycles. The molecular weight excluding hydrogens is 130 g/mol. The molecule has 0 saturated carbocycles. The van der Waals surface area contributed by atoms with E-state index in [1.54, 1.807) is 0 Å². The number of hydrogen-bond donors (Lipinski definition) is 0. The summed E-state index contributed by atoms with van der Waals surface area (Å²) in [5.41, 5.74) is 0. The Kier molecular flexibility index (Phi) is 3.20. The highest BCUT2D eigenvalue weighted by atomic mass is 16.5. The number of hydrogen-bond acceptors (Lipinski definition) is 3. The zero-order chi connectivity index (χ0) is 7.23. The Balaban J connectivity index is 1.97. The lowest BCUT2D eigenvalue weighted by molar-refractivity contribution is 0.0279. The molecule has 1 aliphatic heterocycles. The van der Waals surface area contributed by atoms with Crippen LogP contribution in [-0.4, -0.2) is 25.9 Å². The lowest BCUT2D eigenvalue weighted by Crippen LogP contribution is -2.13. The monoisotopic (exact) mass is 141 g/mol. The molecule has 1 heterocycles. The predicted molar refractivity (Wildman–Crippen MR) is 35.4 cm³/mol. The minimum Gasteiger partial charge on any atom is -0.376 e. The molecule has 1 saturated heterocycles. The minimum absolute atomic E-state index is 0.180. The van der Waals surface area contributed by atoms with Crippen molar-refractivity contribution >= 4 is 0 Å². The lowest BCUT2D eigenvalue weighted by Gasteiger charge is -2.06. The SMILES string of the molecule is N#CCOC[C@@H]1CCCO1. The zero-order valence-corrected chi connectivity index (χ0v) is 5.88. The summed E-state index contributed by atoms with van der Waals surface area (Å²) < 4.78 is 10.2. The predicted octanol–water partition coefficient (Wildman–Crippen LogP) is 0.706. The van der Waals surface area contributed by atoms with Crippen LogP contribution < -0.4 is 0 Å². The van der Waals surface area contributed by atoms with E-state index in [1.165, 1.54) is 0 Å². The van der Waals surface area contributed by atoms with E-state index >= 15 is 0 Å². The Morgan fingerprint density at radius 3 is 3.20 bits per heavy atom. The molecule has 0 amide bonds. The van der Waals surface area contributed by atoms with Gasteiger partial charge < -0.3 is 9.47 Å². The van der Waals surface area contributed by atoms with E-state index in [2.05, 4.69) is 0 Å². The molecule has 0 aromatic rings. The highest BCUT2D eigenvalue weighted by Crippen LogP contribution is 2.11. The molecule has 1 fully saturated rings. The van der Waals surface area contributed by atoms with Crippen molar-refractivity contribution in [3.05, 3.63) is 0 Å². The maximum atomic E-state index is 8.12. The third kappa shape index (κ3) is 2.34. The Bertz CT molecular complexity index is 124. The van der Waals surface area contributed by atoms with Gasteiger partial charge in [0.2, 0.25) is 0 Å². The fraction of sp³-hybridized carbons (Fsp3) is 0.857. The van der Waals surface area contributed by atoms with Gasteiger partial charge in [-0.3, -0.25) is 0 Å². The zero-order valence-electron chi connectivity index (χ0n) is 5.88. The van der Waals surface area contributed by atoms with Crippen molar-refractivity contribution < 1.29 is 9.47 Å². The molecule has 3 nitrogen and oxygen atoms in total. The van der Waals surface area contributed by atoms with Crippen LogP contribution in [0, 0.1) is 11.3 Å². The Hall–Kier alpha value is -0.590. The molecule has 56 valence electrons. The second-order valence-corrected chi connectivity index (χ2v) is 2.31. The molecule has 1 aliphatic rings. The molecular formula is C7H11NO2. The topological polar surface area (TPSA) is 42.2 Å². The first-order valence-corrected chi connectivity index (χ1v) is 3.50. The molecule has 1 rings (SSSR count). The maximum absolute atomic E-state index is 8.12. The molecule has 0 radical (unpaired) electrons. The Morgan fingerprint density at radius 2 is 2.60 bits per heavy atom. The lowest BCUT2D eigenvalue weighted by atomic mass is 10.2. The fourth-order valence-electron chi connectivity index (χ4n) is 1.01. The smallest absolute Gasteiger partial charge is 0.133 e. The van der Waals surface area contributed by atoms with Crippen LogP contribution in [0.3, 0.4) is 0 Å². The molecule has 0 N–H and O–H groups in total. The normalized spacial score (nSPS) is 24.5. The van der Waals surface area contributed by atoms with E-state index in [0.29, 0.717) is 6.61 Å². The van der Waals surface area contributed by atoms with Gasteiger partial charge in [-0.05, 0) is 12.8 Å². The van der Waals surface area contributed by atoms with Gasteiger partial charge in [0.15, 0.2) is 0 Å². The van der Waals surface area contributed by atoms with Crippen LogP contribution in [0.25, 0.3) is 0 Å². The van der Waals surface area contributed by atoms with Crippen molar-refractivity contribution in [2.45, 2.75) is 18.9 Å². The third-order valence-corrected chi connectivity index (χ3v) is 1.49. The third-order valence-electron chi connectivity index (χ3n) is 1.49. The largest absolute Gasteiger partial charge is 0.376 e. The van der Waals surface area contributed by atoms with Crippen LogP contribution in [0.2, 0.25) is 0 Å². The molecule has 0 spiro atoms. The van der Waals surface area contributed by atoms with Crippen molar-refractivity contribution in [3.63, 3.8) is 0 Å². The molecule has 3 heteroatoms. The molecule has 0 aromatic carbocycles. The second kappa shape index (κ2) is 4.26. The summed E-state index contributed by atoms with van der Waals surface area (Å²) >= 11 is 0. The van der Waals surface area contributed by atoms with Gasteiger partial charge in [-0.2, -0.15) is 5.26 Å². The van der Waals surface area contributed by atoms with Gasteiger partial charge in [0.1, 0.15) is 6.61 Å². The Morgan fingerprint density at radius 1 is 1.70 bits per heavy atom. The summed E-state index contributed by atoms with van der Waals surface area (Å²) in [4.78, 5) is 0. The van der Waals surface area contributed by atoms with E-state index in [0.717, 1.165) is 19.4 Å². The van der Waals surface area contributed by atoms with Gasteiger partial charge in [-0.1, -0.05) is 0 Å². The molecule has 10 heavy (non-hydrogen) atoms. The summed E-state index contributed by atoms with van der Waals surface area (Å²) in [6.07, 6.45) is 2.44. The van der Waals surface area contributed by atoms with Gasteiger partial charge in [-0.15, -0.1) is 0 Å². The van der Waals surface area contributed by atoms with E-state index in [9.17, 15) is 0 Å². The van der Waals surface area contributed by atoms with Crippen molar-refractivity contribution in [2.75, 3.05) is 19.8 Å². The summed E-state index contributed by atoms with van der Waals surface area (Å²) in [6, 6.07) is 1.91. The van der Waals surface area contributed by atoms with Gasteiger partial charge in [-0.25, -0.2) is 0 Å². The summed E-state index contributed by atoms with van der Waals surface area (Å²) in [7, 11) is 0. The van der Waals surface area contributed by atoms with Crippen LogP contribution in [-0.2, 0) is 9.47 Å². The first-order chi connectivity index (χ1) is 4.93. The van der Waals surface area contributed by atoms with Crippen LogP contribution >= 0.6 is 0 Å². The summed E-state index contributed by atoms with van der Waals surface area (Å²) in [5, 5.41) is 8.12. The van der Waals surface area contributed by atoms with Crippen LogP contribution in [0.4, 0.5) is 0 Å².